The summed E-state index contributed by atoms with van der Waals surface area (Å²) in [5.41, 5.74) is 8.45. The van der Waals surface area contributed by atoms with Crippen LogP contribution in [0.4, 0.5) is 0 Å². The van der Waals surface area contributed by atoms with Crippen LogP contribution < -0.4 is 15.8 Å². The molecule has 2 heterocycles. The quantitative estimate of drug-likeness (QED) is 0.649. The number of rotatable bonds is 4. The van der Waals surface area contributed by atoms with Crippen molar-refractivity contribution in [3.8, 4) is 5.75 Å². The van der Waals surface area contributed by atoms with E-state index < -0.39 is 0 Å². The minimum absolute atomic E-state index is 0.0923. The van der Waals surface area contributed by atoms with Crippen LogP contribution in [-0.2, 0) is 11.8 Å². The SMILES string of the molecule is CC(C)(C)c1csc(CCN=C(N)NC2CCOc3ccccc32)n1. The molecule has 1 atom stereocenters. The third-order valence-electron chi connectivity index (χ3n) is 4.21. The first kappa shape index (κ1) is 17.7. The predicted octanol–water partition coefficient (Wildman–Crippen LogP) is 3.41. The molecule has 134 valence electrons. The van der Waals surface area contributed by atoms with Crippen LogP contribution in [0.1, 0.15) is 49.5 Å². The van der Waals surface area contributed by atoms with Gasteiger partial charge in [-0.05, 0) is 6.07 Å². The molecule has 1 aromatic carbocycles. The van der Waals surface area contributed by atoms with Crippen molar-refractivity contribution in [2.45, 2.75) is 45.1 Å². The average molecular weight is 359 g/mol. The molecule has 0 radical (unpaired) electrons. The van der Waals surface area contributed by atoms with Crippen LogP contribution in [0.5, 0.6) is 5.75 Å². The van der Waals surface area contributed by atoms with E-state index in [-0.39, 0.29) is 11.5 Å². The lowest BCUT2D eigenvalue weighted by Gasteiger charge is -2.26. The van der Waals surface area contributed by atoms with E-state index in [1.54, 1.807) is 11.3 Å². The summed E-state index contributed by atoms with van der Waals surface area (Å²) in [7, 11) is 0. The molecule has 5 nitrogen and oxygen atoms in total. The maximum absolute atomic E-state index is 6.08. The fraction of sp³-hybridized carbons (Fsp3) is 0.474. The molecule has 0 amide bonds. The predicted molar refractivity (Wildman–Crippen MR) is 103 cm³/mol. The number of aliphatic imine (C=N–C) groups is 1. The van der Waals surface area contributed by atoms with Crippen LogP contribution in [0.2, 0.25) is 0 Å². The van der Waals surface area contributed by atoms with Crippen molar-refractivity contribution in [1.82, 2.24) is 10.3 Å². The van der Waals surface area contributed by atoms with Gasteiger partial charge in [0.05, 0.1) is 23.4 Å². The Morgan fingerprint density at radius 3 is 2.96 bits per heavy atom. The molecule has 1 unspecified atom stereocenters. The van der Waals surface area contributed by atoms with Crippen LogP contribution in [-0.4, -0.2) is 24.1 Å². The van der Waals surface area contributed by atoms with Crippen molar-refractivity contribution >= 4 is 17.3 Å². The number of nitrogens with zero attached hydrogens (tertiary/aromatic N) is 2. The first-order chi connectivity index (χ1) is 11.9. The Hall–Kier alpha value is -2.08. The molecular weight excluding hydrogens is 332 g/mol. The Morgan fingerprint density at radius 1 is 1.40 bits per heavy atom. The summed E-state index contributed by atoms with van der Waals surface area (Å²) >= 11 is 1.70. The fourth-order valence-corrected chi connectivity index (χ4v) is 3.77. The third kappa shape index (κ3) is 4.51. The Balaban J connectivity index is 1.56. The Labute approximate surface area is 153 Å². The van der Waals surface area contributed by atoms with Gasteiger partial charge < -0.3 is 15.8 Å². The monoisotopic (exact) mass is 358 g/mol. The average Bonchev–Trinajstić information content (AvgIpc) is 3.04. The first-order valence-electron chi connectivity index (χ1n) is 8.66. The highest BCUT2D eigenvalue weighted by Crippen LogP contribution is 2.31. The van der Waals surface area contributed by atoms with Crippen molar-refractivity contribution in [3.05, 3.63) is 45.9 Å². The van der Waals surface area contributed by atoms with E-state index in [0.717, 1.165) is 34.9 Å². The van der Waals surface area contributed by atoms with E-state index in [4.69, 9.17) is 15.5 Å². The van der Waals surface area contributed by atoms with Crippen LogP contribution in [0.15, 0.2) is 34.6 Å². The molecule has 0 saturated heterocycles. The molecule has 1 aliphatic heterocycles. The number of hydrogen-bond donors (Lipinski definition) is 2. The number of benzene rings is 1. The molecule has 0 saturated carbocycles. The van der Waals surface area contributed by atoms with Crippen LogP contribution in [0, 0.1) is 0 Å². The molecule has 1 aliphatic rings. The van der Waals surface area contributed by atoms with Gasteiger partial charge in [0.25, 0.3) is 0 Å². The number of thiazole rings is 1. The van der Waals surface area contributed by atoms with Gasteiger partial charge in [-0.1, -0.05) is 39.0 Å². The van der Waals surface area contributed by atoms with E-state index in [9.17, 15) is 0 Å². The molecule has 3 N–H and O–H groups in total. The highest BCUT2D eigenvalue weighted by Gasteiger charge is 2.21. The van der Waals surface area contributed by atoms with Crippen molar-refractivity contribution in [2.24, 2.45) is 10.7 Å². The first-order valence-corrected chi connectivity index (χ1v) is 9.54. The highest BCUT2D eigenvalue weighted by atomic mass is 32.1. The summed E-state index contributed by atoms with van der Waals surface area (Å²) in [6.07, 6.45) is 1.70. The topological polar surface area (TPSA) is 72.5 Å². The molecule has 0 spiro atoms. The van der Waals surface area contributed by atoms with E-state index in [2.05, 4.69) is 42.5 Å². The lowest BCUT2D eigenvalue weighted by Crippen LogP contribution is -2.37. The standard InChI is InChI=1S/C19H26N4OS/c1-19(2,3)16-12-25-17(23-16)8-10-21-18(20)22-14-9-11-24-15-7-5-4-6-13(14)15/h4-7,12,14H,8-11H2,1-3H3,(H3,20,21,22). The van der Waals surface area contributed by atoms with Gasteiger partial charge in [-0.15, -0.1) is 11.3 Å². The van der Waals surface area contributed by atoms with Gasteiger partial charge in [0.15, 0.2) is 5.96 Å². The summed E-state index contributed by atoms with van der Waals surface area (Å²) in [5, 5.41) is 6.57. The second kappa shape index (κ2) is 7.44. The van der Waals surface area contributed by atoms with Gasteiger partial charge in [0.1, 0.15) is 5.75 Å². The van der Waals surface area contributed by atoms with Crippen molar-refractivity contribution < 1.29 is 4.74 Å². The Kier molecular flexibility index (Phi) is 5.27. The molecule has 6 heteroatoms. The minimum Gasteiger partial charge on any atom is -0.493 e. The maximum Gasteiger partial charge on any atom is 0.189 e. The number of para-hydroxylation sites is 1. The summed E-state index contributed by atoms with van der Waals surface area (Å²) in [4.78, 5) is 9.16. The minimum atomic E-state index is 0.0923. The molecule has 2 aromatic rings. The van der Waals surface area contributed by atoms with Crippen LogP contribution in [0.25, 0.3) is 0 Å². The smallest absolute Gasteiger partial charge is 0.189 e. The van der Waals surface area contributed by atoms with E-state index >= 15 is 0 Å². The lowest BCUT2D eigenvalue weighted by molar-refractivity contribution is 0.262. The molecule has 25 heavy (non-hydrogen) atoms. The number of fused-ring (bicyclic) bond motifs is 1. The number of ether oxygens (including phenoxy) is 1. The van der Waals surface area contributed by atoms with Gasteiger partial charge in [-0.3, -0.25) is 4.99 Å². The van der Waals surface area contributed by atoms with Crippen molar-refractivity contribution in [2.75, 3.05) is 13.2 Å². The molecule has 0 bridgehead atoms. The van der Waals surface area contributed by atoms with Gasteiger partial charge >= 0.3 is 0 Å². The summed E-state index contributed by atoms with van der Waals surface area (Å²) in [6, 6.07) is 8.22. The number of nitrogens with one attached hydrogen (secondary N) is 1. The van der Waals surface area contributed by atoms with Gasteiger partial charge in [-0.25, -0.2) is 4.98 Å². The second-order valence-electron chi connectivity index (χ2n) is 7.27. The number of nitrogens with two attached hydrogens (primary N) is 1. The normalized spacial score (nSPS) is 17.7. The van der Waals surface area contributed by atoms with Crippen LogP contribution >= 0.6 is 11.3 Å². The molecule has 3 rings (SSSR count). The zero-order chi connectivity index (χ0) is 17.9. The van der Waals surface area contributed by atoms with Gasteiger partial charge in [0.2, 0.25) is 0 Å². The number of hydrogen-bond acceptors (Lipinski definition) is 4. The zero-order valence-electron chi connectivity index (χ0n) is 15.1. The number of aromatic nitrogens is 1. The fourth-order valence-electron chi connectivity index (χ4n) is 2.76. The lowest BCUT2D eigenvalue weighted by atomic mass is 9.93. The summed E-state index contributed by atoms with van der Waals surface area (Å²) in [5.74, 6) is 1.41. The third-order valence-corrected chi connectivity index (χ3v) is 5.12. The summed E-state index contributed by atoms with van der Waals surface area (Å²) < 4.78 is 5.68. The van der Waals surface area contributed by atoms with E-state index in [1.165, 1.54) is 0 Å². The van der Waals surface area contributed by atoms with Crippen molar-refractivity contribution in [3.63, 3.8) is 0 Å². The second-order valence-corrected chi connectivity index (χ2v) is 8.21. The van der Waals surface area contributed by atoms with E-state index in [0.29, 0.717) is 19.1 Å². The van der Waals surface area contributed by atoms with Crippen LogP contribution in [0.3, 0.4) is 0 Å². The zero-order valence-corrected chi connectivity index (χ0v) is 15.9. The Morgan fingerprint density at radius 2 is 2.20 bits per heavy atom. The molecule has 0 fully saturated rings. The molecule has 0 aliphatic carbocycles. The van der Waals surface area contributed by atoms with Crippen molar-refractivity contribution in [1.29, 1.82) is 0 Å². The molecular formula is C19H26N4OS. The van der Waals surface area contributed by atoms with E-state index in [1.807, 2.05) is 18.2 Å². The number of guanidine groups is 1. The Bertz CT molecular complexity index is 748. The highest BCUT2D eigenvalue weighted by molar-refractivity contribution is 7.09. The largest absolute Gasteiger partial charge is 0.493 e. The van der Waals surface area contributed by atoms with Gasteiger partial charge in [-0.2, -0.15) is 0 Å². The molecule has 1 aromatic heterocycles. The summed E-state index contributed by atoms with van der Waals surface area (Å²) in [6.45, 7) is 7.87. The van der Waals surface area contributed by atoms with Gasteiger partial charge in [0, 0.05) is 35.7 Å². The maximum atomic E-state index is 6.08.